The second kappa shape index (κ2) is 4.98. The van der Waals surface area contributed by atoms with Gasteiger partial charge in [0.15, 0.2) is 0 Å². The molecule has 2 aromatic carbocycles. The molecule has 5 rings (SSSR count). The van der Waals surface area contributed by atoms with Crippen LogP contribution in [0.3, 0.4) is 0 Å². The highest BCUT2D eigenvalue weighted by atomic mass is 15.3. The number of rotatable bonds is 1. The largest absolute Gasteiger partial charge is 0.329 e. The maximum absolute atomic E-state index is 4.84. The van der Waals surface area contributed by atoms with E-state index < -0.39 is 0 Å². The van der Waals surface area contributed by atoms with Crippen LogP contribution in [0, 0.1) is 0 Å². The van der Waals surface area contributed by atoms with Crippen LogP contribution in [-0.4, -0.2) is 9.55 Å². The molecule has 0 saturated carbocycles. The van der Waals surface area contributed by atoms with Crippen molar-refractivity contribution >= 4 is 17.0 Å². The fourth-order valence-electron chi connectivity index (χ4n) is 4.04. The molecular weight excluding hydrogens is 282 g/mol. The topological polar surface area (TPSA) is 29.9 Å². The number of allylic oxidation sites excluding steroid dienone is 2. The van der Waals surface area contributed by atoms with Crippen LogP contribution in [0.4, 0.5) is 5.95 Å². The van der Waals surface area contributed by atoms with Gasteiger partial charge in [-0.15, -0.1) is 0 Å². The van der Waals surface area contributed by atoms with E-state index in [-0.39, 0.29) is 6.04 Å². The standard InChI is InChI=1S/C20H19N3/c1-2-8-14(9-3-1)19-15-10-4-5-11-16(15)21-20-22-17-12-6-7-13-18(17)23(19)20/h1-3,6-9,12-13,19H,4-5,10-11H2,(H,21,22). The maximum Gasteiger partial charge on any atom is 0.209 e. The van der Waals surface area contributed by atoms with Crippen molar-refractivity contribution in [2.45, 2.75) is 31.7 Å². The molecule has 2 aliphatic rings. The number of anilines is 1. The number of imidazole rings is 1. The fourth-order valence-corrected chi connectivity index (χ4v) is 4.04. The molecule has 3 nitrogen and oxygen atoms in total. The number of fused-ring (bicyclic) bond motifs is 3. The van der Waals surface area contributed by atoms with Gasteiger partial charge in [0.1, 0.15) is 0 Å². The van der Waals surface area contributed by atoms with Gasteiger partial charge in [-0.2, -0.15) is 0 Å². The summed E-state index contributed by atoms with van der Waals surface area (Å²) >= 11 is 0. The average molecular weight is 301 g/mol. The Morgan fingerprint density at radius 1 is 0.913 bits per heavy atom. The Morgan fingerprint density at radius 3 is 2.61 bits per heavy atom. The summed E-state index contributed by atoms with van der Waals surface area (Å²) in [7, 11) is 0. The minimum Gasteiger partial charge on any atom is -0.329 e. The lowest BCUT2D eigenvalue weighted by atomic mass is 9.86. The van der Waals surface area contributed by atoms with E-state index in [2.05, 4.69) is 64.5 Å². The first kappa shape index (κ1) is 12.9. The van der Waals surface area contributed by atoms with Gasteiger partial charge in [-0.25, -0.2) is 4.98 Å². The van der Waals surface area contributed by atoms with E-state index in [0.717, 1.165) is 17.9 Å². The third-order valence-corrected chi connectivity index (χ3v) is 5.07. The molecule has 0 spiro atoms. The van der Waals surface area contributed by atoms with Gasteiger partial charge >= 0.3 is 0 Å². The van der Waals surface area contributed by atoms with Crippen molar-refractivity contribution in [1.82, 2.24) is 9.55 Å². The lowest BCUT2D eigenvalue weighted by molar-refractivity contribution is 0.564. The van der Waals surface area contributed by atoms with Crippen LogP contribution in [0.5, 0.6) is 0 Å². The van der Waals surface area contributed by atoms with Crippen molar-refractivity contribution in [1.29, 1.82) is 0 Å². The zero-order chi connectivity index (χ0) is 15.2. The van der Waals surface area contributed by atoms with Crippen LogP contribution >= 0.6 is 0 Å². The fraction of sp³-hybridized carbons (Fsp3) is 0.250. The van der Waals surface area contributed by atoms with Crippen LogP contribution in [0.1, 0.15) is 37.3 Å². The SMILES string of the molecule is c1ccc(C2C3=C(CCCC3)Nc3nc4ccccc4n32)cc1. The lowest BCUT2D eigenvalue weighted by Gasteiger charge is -2.34. The summed E-state index contributed by atoms with van der Waals surface area (Å²) in [6.07, 6.45) is 4.87. The first-order valence-electron chi connectivity index (χ1n) is 8.43. The van der Waals surface area contributed by atoms with E-state index in [1.807, 2.05) is 0 Å². The summed E-state index contributed by atoms with van der Waals surface area (Å²) in [5.74, 6) is 0.987. The molecule has 0 saturated heterocycles. The normalized spacial score (nSPS) is 20.1. The molecule has 1 aliphatic carbocycles. The predicted molar refractivity (Wildman–Crippen MR) is 93.4 cm³/mol. The number of nitrogens with zero attached hydrogens (tertiary/aromatic N) is 2. The first-order chi connectivity index (χ1) is 11.4. The number of hydrogen-bond acceptors (Lipinski definition) is 2. The number of para-hydroxylation sites is 2. The molecule has 2 heterocycles. The van der Waals surface area contributed by atoms with Gasteiger partial charge in [-0.05, 0) is 49.0 Å². The smallest absolute Gasteiger partial charge is 0.209 e. The molecule has 0 radical (unpaired) electrons. The number of nitrogens with one attached hydrogen (secondary N) is 1. The summed E-state index contributed by atoms with van der Waals surface area (Å²) in [5.41, 5.74) is 6.57. The van der Waals surface area contributed by atoms with E-state index >= 15 is 0 Å². The molecule has 114 valence electrons. The van der Waals surface area contributed by atoms with E-state index in [0.29, 0.717) is 0 Å². The van der Waals surface area contributed by atoms with Crippen molar-refractivity contribution in [3.8, 4) is 0 Å². The zero-order valence-electron chi connectivity index (χ0n) is 13.0. The Hall–Kier alpha value is -2.55. The third kappa shape index (κ3) is 1.93. The minimum atomic E-state index is 0.273. The molecule has 1 aromatic heterocycles. The van der Waals surface area contributed by atoms with Crippen molar-refractivity contribution in [2.24, 2.45) is 0 Å². The van der Waals surface area contributed by atoms with Gasteiger partial charge in [-0.3, -0.25) is 4.57 Å². The van der Waals surface area contributed by atoms with Crippen molar-refractivity contribution in [2.75, 3.05) is 5.32 Å². The highest BCUT2D eigenvalue weighted by Gasteiger charge is 2.32. The quantitative estimate of drug-likeness (QED) is 0.694. The van der Waals surface area contributed by atoms with Crippen LogP contribution in [0.15, 0.2) is 65.9 Å². The average Bonchev–Trinajstić information content (AvgIpc) is 2.98. The first-order valence-corrected chi connectivity index (χ1v) is 8.43. The summed E-state index contributed by atoms with van der Waals surface area (Å²) in [6.45, 7) is 0. The monoisotopic (exact) mass is 301 g/mol. The second-order valence-electron chi connectivity index (χ2n) is 6.44. The molecule has 1 unspecified atom stereocenters. The van der Waals surface area contributed by atoms with Gasteiger partial charge in [0.2, 0.25) is 5.95 Å². The van der Waals surface area contributed by atoms with E-state index in [1.54, 1.807) is 0 Å². The highest BCUT2D eigenvalue weighted by Crippen LogP contribution is 2.43. The number of aromatic nitrogens is 2. The summed E-state index contributed by atoms with van der Waals surface area (Å²) in [5, 5.41) is 3.62. The van der Waals surface area contributed by atoms with Gasteiger partial charge in [0, 0.05) is 5.70 Å². The van der Waals surface area contributed by atoms with Crippen molar-refractivity contribution in [3.05, 3.63) is 71.4 Å². The van der Waals surface area contributed by atoms with Gasteiger partial charge in [0.25, 0.3) is 0 Å². The van der Waals surface area contributed by atoms with Crippen LogP contribution < -0.4 is 5.32 Å². The molecule has 0 fully saturated rings. The molecule has 23 heavy (non-hydrogen) atoms. The lowest BCUT2D eigenvalue weighted by Crippen LogP contribution is -2.26. The summed E-state index contributed by atoms with van der Waals surface area (Å²) < 4.78 is 2.38. The van der Waals surface area contributed by atoms with Crippen LogP contribution in [-0.2, 0) is 0 Å². The minimum absolute atomic E-state index is 0.273. The third-order valence-electron chi connectivity index (χ3n) is 5.07. The zero-order valence-corrected chi connectivity index (χ0v) is 13.0. The van der Waals surface area contributed by atoms with E-state index in [9.17, 15) is 0 Å². The van der Waals surface area contributed by atoms with E-state index in [1.165, 1.54) is 41.6 Å². The molecule has 0 bridgehead atoms. The summed E-state index contributed by atoms with van der Waals surface area (Å²) in [4.78, 5) is 4.84. The van der Waals surface area contributed by atoms with Gasteiger partial charge in [0.05, 0.1) is 17.1 Å². The molecule has 3 aromatic rings. The van der Waals surface area contributed by atoms with Crippen LogP contribution in [0.2, 0.25) is 0 Å². The Balaban J connectivity index is 1.80. The Labute approximate surface area is 135 Å². The summed E-state index contributed by atoms with van der Waals surface area (Å²) in [6, 6.07) is 19.6. The van der Waals surface area contributed by atoms with E-state index in [4.69, 9.17) is 4.98 Å². The van der Waals surface area contributed by atoms with Crippen molar-refractivity contribution in [3.63, 3.8) is 0 Å². The molecule has 1 N–H and O–H groups in total. The molecular formula is C20H19N3. The number of hydrogen-bond donors (Lipinski definition) is 1. The van der Waals surface area contributed by atoms with Crippen LogP contribution in [0.25, 0.3) is 11.0 Å². The highest BCUT2D eigenvalue weighted by molar-refractivity contribution is 5.80. The molecule has 1 aliphatic heterocycles. The Bertz CT molecular complexity index is 905. The Morgan fingerprint density at radius 2 is 1.70 bits per heavy atom. The predicted octanol–water partition coefficient (Wildman–Crippen LogP) is 4.88. The second-order valence-corrected chi connectivity index (χ2v) is 6.44. The number of benzene rings is 2. The molecule has 3 heteroatoms. The molecule has 0 amide bonds. The molecule has 1 atom stereocenters. The van der Waals surface area contributed by atoms with Gasteiger partial charge in [-0.1, -0.05) is 42.5 Å². The van der Waals surface area contributed by atoms with Crippen molar-refractivity contribution < 1.29 is 0 Å². The van der Waals surface area contributed by atoms with Gasteiger partial charge < -0.3 is 5.32 Å². The maximum atomic E-state index is 4.84. The Kier molecular flexibility index (Phi) is 2.80.